The molecule has 3 aromatic rings. The highest BCUT2D eigenvalue weighted by Crippen LogP contribution is 2.37. The summed E-state index contributed by atoms with van der Waals surface area (Å²) in [7, 11) is 0. The maximum atomic E-state index is 13.4. The molecular formula is C29H30BrNO4. The molecule has 0 bridgehead atoms. The normalized spacial score (nSPS) is 16.4. The van der Waals surface area contributed by atoms with Gasteiger partial charge in [0.2, 0.25) is 0 Å². The van der Waals surface area contributed by atoms with Crippen molar-refractivity contribution >= 4 is 27.8 Å². The molecule has 6 heteroatoms. The average molecular weight is 536 g/mol. The zero-order valence-corrected chi connectivity index (χ0v) is 21.7. The third-order valence-electron chi connectivity index (χ3n) is 6.38. The molecule has 5 nitrogen and oxygen atoms in total. The number of aliphatic carboxylic acids is 1. The van der Waals surface area contributed by atoms with Crippen molar-refractivity contribution in [3.05, 3.63) is 99.0 Å². The number of rotatable bonds is 9. The summed E-state index contributed by atoms with van der Waals surface area (Å²) in [5, 5.41) is 9.20. The average Bonchev–Trinajstić information content (AvgIpc) is 3.16. The van der Waals surface area contributed by atoms with Crippen molar-refractivity contribution in [1.29, 1.82) is 0 Å². The van der Waals surface area contributed by atoms with E-state index in [1.54, 1.807) is 11.0 Å². The molecule has 1 aliphatic rings. The Morgan fingerprint density at radius 2 is 1.77 bits per heavy atom. The molecule has 0 fully saturated rings. The van der Waals surface area contributed by atoms with Gasteiger partial charge in [-0.15, -0.1) is 0 Å². The van der Waals surface area contributed by atoms with Crippen molar-refractivity contribution in [2.45, 2.75) is 51.7 Å². The third-order valence-corrected chi connectivity index (χ3v) is 6.88. The van der Waals surface area contributed by atoms with Crippen molar-refractivity contribution in [3.8, 4) is 5.75 Å². The van der Waals surface area contributed by atoms with E-state index in [-0.39, 0.29) is 24.5 Å². The minimum atomic E-state index is -0.929. The van der Waals surface area contributed by atoms with E-state index in [4.69, 9.17) is 4.74 Å². The monoisotopic (exact) mass is 535 g/mol. The first-order chi connectivity index (χ1) is 16.7. The Labute approximate surface area is 214 Å². The van der Waals surface area contributed by atoms with E-state index in [0.717, 1.165) is 34.2 Å². The number of nitrogens with zero attached hydrogens (tertiary/aromatic N) is 1. The molecule has 0 aliphatic carbocycles. The van der Waals surface area contributed by atoms with Gasteiger partial charge in [0.15, 0.2) is 0 Å². The standard InChI is InChI=1S/C29H30BrNO4/c1-3-20-7-9-21(10-8-20)17-29(2)18-24-16-23(11-12-26(24)35-29)28(34)31(14-13-27(32)33)19-22-5-4-6-25(30)15-22/h4-12,15-16H,3,13-14,17-19H2,1-2H3,(H,32,33)/t29-/m0/s1. The van der Waals surface area contributed by atoms with Crippen molar-refractivity contribution in [2.75, 3.05) is 6.54 Å². The minimum Gasteiger partial charge on any atom is -0.487 e. The van der Waals surface area contributed by atoms with Crippen LogP contribution < -0.4 is 4.74 Å². The number of carbonyl (C=O) groups is 2. The molecule has 182 valence electrons. The first-order valence-electron chi connectivity index (χ1n) is 11.9. The summed E-state index contributed by atoms with van der Waals surface area (Å²) in [6, 6.07) is 21.9. The number of carboxylic acids is 1. The molecule has 3 aromatic carbocycles. The Hall–Kier alpha value is -3.12. The summed E-state index contributed by atoms with van der Waals surface area (Å²) in [5.74, 6) is -0.307. The molecule has 1 amide bonds. The zero-order valence-electron chi connectivity index (χ0n) is 20.1. The Kier molecular flexibility index (Phi) is 7.60. The number of ether oxygens (including phenoxy) is 1. The summed E-state index contributed by atoms with van der Waals surface area (Å²) in [5.41, 5.74) is 4.64. The van der Waals surface area contributed by atoms with Crippen LogP contribution >= 0.6 is 15.9 Å². The lowest BCUT2D eigenvalue weighted by Crippen LogP contribution is -2.33. The lowest BCUT2D eigenvalue weighted by Gasteiger charge is -2.24. The molecule has 1 N–H and O–H groups in total. The lowest BCUT2D eigenvalue weighted by molar-refractivity contribution is -0.137. The quantitative estimate of drug-likeness (QED) is 0.361. The van der Waals surface area contributed by atoms with E-state index >= 15 is 0 Å². The van der Waals surface area contributed by atoms with Gasteiger partial charge in [-0.3, -0.25) is 9.59 Å². The number of benzene rings is 3. The van der Waals surface area contributed by atoms with Crippen LogP contribution in [0.25, 0.3) is 0 Å². The lowest BCUT2D eigenvalue weighted by atomic mass is 9.91. The SMILES string of the molecule is CCc1ccc(C[C@@]2(C)Cc3cc(C(=O)N(CCC(=O)O)Cc4cccc(Br)c4)ccc3O2)cc1. The molecular weight excluding hydrogens is 506 g/mol. The van der Waals surface area contributed by atoms with Crippen LogP contribution in [0.5, 0.6) is 5.75 Å². The summed E-state index contributed by atoms with van der Waals surface area (Å²) in [6.45, 7) is 4.73. The van der Waals surface area contributed by atoms with Crippen LogP contribution in [-0.4, -0.2) is 34.0 Å². The molecule has 0 radical (unpaired) electrons. The second-order valence-corrected chi connectivity index (χ2v) is 10.3. The van der Waals surface area contributed by atoms with Crippen molar-refractivity contribution in [3.63, 3.8) is 0 Å². The number of hydrogen-bond acceptors (Lipinski definition) is 3. The predicted octanol–water partition coefficient (Wildman–Crippen LogP) is 6.06. The molecule has 0 aromatic heterocycles. The fraction of sp³-hybridized carbons (Fsp3) is 0.310. The van der Waals surface area contributed by atoms with E-state index in [9.17, 15) is 14.7 Å². The minimum absolute atomic E-state index is 0.108. The summed E-state index contributed by atoms with van der Waals surface area (Å²) in [6.07, 6.45) is 2.40. The molecule has 0 spiro atoms. The van der Waals surface area contributed by atoms with Gasteiger partial charge in [-0.1, -0.05) is 59.3 Å². The maximum absolute atomic E-state index is 13.4. The number of aryl methyl sites for hydroxylation is 1. The van der Waals surface area contributed by atoms with Gasteiger partial charge >= 0.3 is 5.97 Å². The maximum Gasteiger partial charge on any atom is 0.305 e. The number of hydrogen-bond donors (Lipinski definition) is 1. The Bertz CT molecular complexity index is 1220. The second kappa shape index (κ2) is 10.6. The largest absolute Gasteiger partial charge is 0.487 e. The summed E-state index contributed by atoms with van der Waals surface area (Å²) >= 11 is 3.46. The van der Waals surface area contributed by atoms with Crippen LogP contribution in [0.15, 0.2) is 71.2 Å². The highest BCUT2D eigenvalue weighted by molar-refractivity contribution is 9.10. The van der Waals surface area contributed by atoms with Crippen LogP contribution in [0.3, 0.4) is 0 Å². The first kappa shape index (κ1) is 25.0. The molecule has 1 aliphatic heterocycles. The molecule has 4 rings (SSSR count). The van der Waals surface area contributed by atoms with Crippen molar-refractivity contribution < 1.29 is 19.4 Å². The number of carbonyl (C=O) groups excluding carboxylic acids is 1. The Morgan fingerprint density at radius 3 is 2.46 bits per heavy atom. The van der Waals surface area contributed by atoms with Crippen LogP contribution in [0, 0.1) is 0 Å². The van der Waals surface area contributed by atoms with Gasteiger partial charge < -0.3 is 14.7 Å². The van der Waals surface area contributed by atoms with Crippen LogP contribution in [0.1, 0.15) is 52.9 Å². The van der Waals surface area contributed by atoms with Crippen LogP contribution in [-0.2, 0) is 30.6 Å². The highest BCUT2D eigenvalue weighted by Gasteiger charge is 2.35. The zero-order chi connectivity index (χ0) is 25.0. The summed E-state index contributed by atoms with van der Waals surface area (Å²) in [4.78, 5) is 26.3. The number of amides is 1. The van der Waals surface area contributed by atoms with Gasteiger partial charge in [-0.25, -0.2) is 0 Å². The van der Waals surface area contributed by atoms with Gasteiger partial charge in [0.05, 0.1) is 6.42 Å². The third kappa shape index (κ3) is 6.31. The van der Waals surface area contributed by atoms with Crippen molar-refractivity contribution in [1.82, 2.24) is 4.90 Å². The molecule has 1 atom stereocenters. The topological polar surface area (TPSA) is 66.8 Å². The predicted molar refractivity (Wildman–Crippen MR) is 140 cm³/mol. The number of halogens is 1. The number of carboxylic acid groups (broad SMARTS) is 1. The highest BCUT2D eigenvalue weighted by atomic mass is 79.9. The smallest absolute Gasteiger partial charge is 0.305 e. The summed E-state index contributed by atoms with van der Waals surface area (Å²) < 4.78 is 7.25. The second-order valence-electron chi connectivity index (χ2n) is 9.40. The Balaban J connectivity index is 1.51. The molecule has 0 unspecified atom stereocenters. The van der Waals surface area contributed by atoms with Gasteiger partial charge in [-0.05, 0) is 65.9 Å². The molecule has 0 saturated carbocycles. The van der Waals surface area contributed by atoms with Gasteiger partial charge in [0.1, 0.15) is 11.4 Å². The fourth-order valence-electron chi connectivity index (χ4n) is 4.60. The molecule has 35 heavy (non-hydrogen) atoms. The van der Waals surface area contributed by atoms with Crippen LogP contribution in [0.4, 0.5) is 0 Å². The Morgan fingerprint density at radius 1 is 1.03 bits per heavy atom. The van der Waals surface area contributed by atoms with Crippen LogP contribution in [0.2, 0.25) is 0 Å². The fourth-order valence-corrected chi connectivity index (χ4v) is 5.05. The van der Waals surface area contributed by atoms with E-state index in [1.807, 2.05) is 36.4 Å². The van der Waals surface area contributed by atoms with Crippen molar-refractivity contribution in [2.24, 2.45) is 0 Å². The molecule has 1 heterocycles. The van der Waals surface area contributed by atoms with Gasteiger partial charge in [0, 0.05) is 36.0 Å². The van der Waals surface area contributed by atoms with Gasteiger partial charge in [0.25, 0.3) is 5.91 Å². The first-order valence-corrected chi connectivity index (χ1v) is 12.7. The molecule has 0 saturated heterocycles. The van der Waals surface area contributed by atoms with E-state index in [2.05, 4.69) is 54.0 Å². The van der Waals surface area contributed by atoms with E-state index in [1.165, 1.54) is 11.1 Å². The van der Waals surface area contributed by atoms with Gasteiger partial charge in [-0.2, -0.15) is 0 Å². The van der Waals surface area contributed by atoms with E-state index in [0.29, 0.717) is 18.5 Å². The van der Waals surface area contributed by atoms with E-state index < -0.39 is 5.97 Å². The number of fused-ring (bicyclic) bond motifs is 1.